The van der Waals surface area contributed by atoms with Crippen LogP contribution in [0, 0.1) is 0 Å². The fourth-order valence-electron chi connectivity index (χ4n) is 1.94. The highest BCUT2D eigenvalue weighted by atomic mass is 16.3. The van der Waals surface area contributed by atoms with E-state index in [0.29, 0.717) is 18.1 Å². The topological polar surface area (TPSA) is 84.4 Å². The summed E-state index contributed by atoms with van der Waals surface area (Å²) in [5.41, 5.74) is 6.18. The van der Waals surface area contributed by atoms with Crippen LogP contribution in [0.4, 0.5) is 0 Å². The zero-order valence-electron chi connectivity index (χ0n) is 10.7. The van der Waals surface area contributed by atoms with Crippen LogP contribution in [0.5, 0.6) is 0 Å². The maximum Gasteiger partial charge on any atom is 0.275 e. The molecule has 1 aliphatic heterocycles. The van der Waals surface area contributed by atoms with Gasteiger partial charge in [-0.25, -0.2) is 4.98 Å². The van der Waals surface area contributed by atoms with E-state index in [1.54, 1.807) is 4.90 Å². The molecule has 1 fully saturated rings. The fourth-order valence-corrected chi connectivity index (χ4v) is 1.94. The van der Waals surface area contributed by atoms with E-state index >= 15 is 0 Å². The van der Waals surface area contributed by atoms with E-state index in [9.17, 15) is 4.79 Å². The van der Waals surface area contributed by atoms with Crippen molar-refractivity contribution in [1.82, 2.24) is 15.2 Å². The number of hydrogen-bond acceptors (Lipinski definition) is 5. The van der Waals surface area contributed by atoms with Gasteiger partial charge in [0, 0.05) is 19.6 Å². The summed E-state index contributed by atoms with van der Waals surface area (Å²) in [4.78, 5) is 18.2. The third-order valence-electron chi connectivity index (χ3n) is 3.13. The quantitative estimate of drug-likeness (QED) is 0.819. The summed E-state index contributed by atoms with van der Waals surface area (Å²) in [5.74, 6) is 0.366. The first-order valence-electron chi connectivity index (χ1n) is 6.43. The smallest absolute Gasteiger partial charge is 0.275 e. The molecule has 1 amide bonds. The van der Waals surface area contributed by atoms with Crippen LogP contribution >= 0.6 is 0 Å². The Morgan fingerprint density at radius 2 is 2.44 bits per heavy atom. The van der Waals surface area contributed by atoms with Gasteiger partial charge in [0.1, 0.15) is 6.26 Å². The number of oxazole rings is 1. The average molecular weight is 252 g/mol. The van der Waals surface area contributed by atoms with Crippen LogP contribution < -0.4 is 11.1 Å². The van der Waals surface area contributed by atoms with Crippen LogP contribution in [0.3, 0.4) is 0 Å². The molecule has 2 heterocycles. The monoisotopic (exact) mass is 252 g/mol. The number of amides is 1. The number of nitrogens with two attached hydrogens (primary N) is 1. The second-order valence-electron chi connectivity index (χ2n) is 4.48. The van der Waals surface area contributed by atoms with Gasteiger partial charge in [0.05, 0.1) is 6.04 Å². The fraction of sp³-hybridized carbons (Fsp3) is 0.667. The molecule has 6 heteroatoms. The molecule has 1 unspecified atom stereocenters. The number of aromatic nitrogens is 1. The summed E-state index contributed by atoms with van der Waals surface area (Å²) in [7, 11) is 0. The Morgan fingerprint density at radius 1 is 1.61 bits per heavy atom. The number of rotatable bonds is 3. The van der Waals surface area contributed by atoms with Crippen molar-refractivity contribution in [3.05, 3.63) is 17.8 Å². The first kappa shape index (κ1) is 13.0. The molecule has 0 bridgehead atoms. The molecule has 0 radical (unpaired) electrons. The second-order valence-corrected chi connectivity index (χ2v) is 4.48. The minimum absolute atomic E-state index is 0.0722. The Bertz CT molecular complexity index is 397. The number of carbonyl (C=O) groups excluding carboxylic acids is 1. The predicted octanol–water partition coefficient (Wildman–Crippen LogP) is 0.520. The highest BCUT2D eigenvalue weighted by Gasteiger charge is 2.21. The first-order valence-corrected chi connectivity index (χ1v) is 6.43. The Labute approximate surface area is 107 Å². The van der Waals surface area contributed by atoms with Crippen LogP contribution in [0.15, 0.2) is 10.7 Å². The van der Waals surface area contributed by atoms with Crippen molar-refractivity contribution in [1.29, 1.82) is 0 Å². The Morgan fingerprint density at radius 3 is 3.22 bits per heavy atom. The normalized spacial score (nSPS) is 18.4. The van der Waals surface area contributed by atoms with Crippen molar-refractivity contribution in [3.8, 4) is 0 Å². The van der Waals surface area contributed by atoms with E-state index in [1.807, 2.05) is 6.92 Å². The van der Waals surface area contributed by atoms with Gasteiger partial charge in [-0.2, -0.15) is 0 Å². The van der Waals surface area contributed by atoms with Crippen LogP contribution in [-0.4, -0.2) is 42.0 Å². The molecular weight excluding hydrogens is 232 g/mol. The van der Waals surface area contributed by atoms with E-state index in [1.165, 1.54) is 6.26 Å². The average Bonchev–Trinajstić information content (AvgIpc) is 2.72. The molecule has 100 valence electrons. The molecule has 18 heavy (non-hydrogen) atoms. The molecule has 1 aliphatic rings. The van der Waals surface area contributed by atoms with Crippen molar-refractivity contribution in [2.75, 3.05) is 26.2 Å². The van der Waals surface area contributed by atoms with Crippen LogP contribution in [0.2, 0.25) is 0 Å². The van der Waals surface area contributed by atoms with Gasteiger partial charge in [-0.1, -0.05) is 6.92 Å². The van der Waals surface area contributed by atoms with Crippen molar-refractivity contribution in [2.45, 2.75) is 25.8 Å². The largest absolute Gasteiger partial charge is 0.446 e. The molecule has 3 N–H and O–H groups in total. The predicted molar refractivity (Wildman–Crippen MR) is 67.1 cm³/mol. The van der Waals surface area contributed by atoms with Crippen molar-refractivity contribution in [3.63, 3.8) is 0 Å². The number of carbonyl (C=O) groups is 1. The van der Waals surface area contributed by atoms with Crippen LogP contribution in [0.1, 0.15) is 42.2 Å². The summed E-state index contributed by atoms with van der Waals surface area (Å²) in [5, 5.41) is 3.26. The molecule has 1 aromatic heterocycles. The van der Waals surface area contributed by atoms with Gasteiger partial charge < -0.3 is 20.4 Å². The molecule has 0 aliphatic carbocycles. The van der Waals surface area contributed by atoms with Crippen molar-refractivity contribution >= 4 is 5.91 Å². The molecule has 0 spiro atoms. The van der Waals surface area contributed by atoms with E-state index in [0.717, 1.165) is 32.5 Å². The molecule has 0 saturated carbocycles. The Balaban J connectivity index is 2.05. The highest BCUT2D eigenvalue weighted by molar-refractivity contribution is 5.92. The lowest BCUT2D eigenvalue weighted by atomic mass is 10.2. The zero-order valence-corrected chi connectivity index (χ0v) is 10.7. The van der Waals surface area contributed by atoms with E-state index in [2.05, 4.69) is 10.3 Å². The van der Waals surface area contributed by atoms with E-state index in [-0.39, 0.29) is 11.9 Å². The van der Waals surface area contributed by atoms with Crippen molar-refractivity contribution in [2.24, 2.45) is 5.73 Å². The minimum atomic E-state index is -0.239. The lowest BCUT2D eigenvalue weighted by molar-refractivity contribution is 0.0760. The number of nitrogens with zero attached hydrogens (tertiary/aromatic N) is 2. The summed E-state index contributed by atoms with van der Waals surface area (Å²) in [6.45, 7) is 5.20. The van der Waals surface area contributed by atoms with Gasteiger partial charge in [0.2, 0.25) is 5.89 Å². The Kier molecular flexibility index (Phi) is 4.33. The summed E-state index contributed by atoms with van der Waals surface area (Å²) >= 11 is 0. The van der Waals surface area contributed by atoms with Crippen LogP contribution in [-0.2, 0) is 0 Å². The summed E-state index contributed by atoms with van der Waals surface area (Å²) < 4.78 is 5.26. The van der Waals surface area contributed by atoms with E-state index < -0.39 is 0 Å². The third-order valence-corrected chi connectivity index (χ3v) is 3.13. The number of hydrogen-bond donors (Lipinski definition) is 2. The lowest BCUT2D eigenvalue weighted by Crippen LogP contribution is -2.34. The SMILES string of the molecule is CCC(N)c1nc(C(=O)N2CCCNCC2)co1. The first-order chi connectivity index (χ1) is 8.72. The lowest BCUT2D eigenvalue weighted by Gasteiger charge is -2.18. The van der Waals surface area contributed by atoms with E-state index in [4.69, 9.17) is 10.2 Å². The highest BCUT2D eigenvalue weighted by Crippen LogP contribution is 2.14. The summed E-state index contributed by atoms with van der Waals surface area (Å²) in [6, 6.07) is -0.239. The maximum absolute atomic E-state index is 12.2. The van der Waals surface area contributed by atoms with Gasteiger partial charge in [0.25, 0.3) is 5.91 Å². The van der Waals surface area contributed by atoms with Crippen molar-refractivity contribution < 1.29 is 9.21 Å². The molecular formula is C12H20N4O2. The zero-order chi connectivity index (χ0) is 13.0. The van der Waals surface area contributed by atoms with Gasteiger partial charge in [-0.15, -0.1) is 0 Å². The summed E-state index contributed by atoms with van der Waals surface area (Å²) in [6.07, 6.45) is 3.11. The molecule has 0 aromatic carbocycles. The molecule has 1 atom stereocenters. The Hall–Kier alpha value is -1.40. The third kappa shape index (κ3) is 2.88. The minimum Gasteiger partial charge on any atom is -0.446 e. The van der Waals surface area contributed by atoms with Crippen LogP contribution in [0.25, 0.3) is 0 Å². The van der Waals surface area contributed by atoms with Gasteiger partial charge >= 0.3 is 0 Å². The molecule has 2 rings (SSSR count). The maximum atomic E-state index is 12.2. The molecule has 1 saturated heterocycles. The molecule has 1 aromatic rings. The van der Waals surface area contributed by atoms with Gasteiger partial charge in [0.15, 0.2) is 5.69 Å². The second kappa shape index (κ2) is 5.97. The number of nitrogens with one attached hydrogen (secondary N) is 1. The van der Waals surface area contributed by atoms with Gasteiger partial charge in [-0.05, 0) is 19.4 Å². The van der Waals surface area contributed by atoms with Gasteiger partial charge in [-0.3, -0.25) is 4.79 Å². The standard InChI is InChI=1S/C12H20N4O2/c1-2-9(13)11-15-10(8-18-11)12(17)16-6-3-4-14-5-7-16/h8-9,14H,2-7,13H2,1H3. The molecule has 6 nitrogen and oxygen atoms in total.